The van der Waals surface area contributed by atoms with Crippen molar-refractivity contribution in [3.8, 4) is 0 Å². The normalized spacial score (nSPS) is 17.0. The van der Waals surface area contributed by atoms with E-state index in [1.54, 1.807) is 0 Å². The molecule has 1 unspecified atom stereocenters. The summed E-state index contributed by atoms with van der Waals surface area (Å²) in [4.78, 5) is 22.2. The minimum Gasteiger partial charge on any atom is -0.462 e. The van der Waals surface area contributed by atoms with Crippen molar-refractivity contribution < 1.29 is 14.3 Å². The fourth-order valence-electron chi connectivity index (χ4n) is 3.87. The zero-order valence-electron chi connectivity index (χ0n) is 19.2. The second-order valence-electron chi connectivity index (χ2n) is 7.90. The van der Waals surface area contributed by atoms with Crippen LogP contribution in [0.25, 0.3) is 0 Å². The van der Waals surface area contributed by atoms with Gasteiger partial charge in [-0.1, -0.05) is 12.8 Å². The van der Waals surface area contributed by atoms with Gasteiger partial charge >= 0.3 is 5.97 Å². The number of carbonyl (C=O) groups is 1. The van der Waals surface area contributed by atoms with Crippen LogP contribution in [-0.4, -0.2) is 49.8 Å². The van der Waals surface area contributed by atoms with Crippen LogP contribution in [0.3, 0.4) is 0 Å². The summed E-state index contributed by atoms with van der Waals surface area (Å²) in [5.41, 5.74) is 0.958. The lowest BCUT2D eigenvalue weighted by molar-refractivity contribution is 0.0531. The van der Waals surface area contributed by atoms with Gasteiger partial charge < -0.3 is 20.1 Å². The molecule has 170 valence electrons. The standard InChI is InChI=1S/C22H38N4O3S/c1-6-23-21(24-15-22(11-9-10-12-22)13-14-28-7-2)26-17(5)19-25-16(4)18(30-19)20(27)29-8-3/h17H,6-15H2,1-5H3,(H2,23,24,26). The van der Waals surface area contributed by atoms with Crippen LogP contribution in [-0.2, 0) is 9.47 Å². The van der Waals surface area contributed by atoms with Crippen LogP contribution < -0.4 is 10.6 Å². The Bertz CT molecular complexity index is 699. The largest absolute Gasteiger partial charge is 0.462 e. The minimum atomic E-state index is -0.302. The molecule has 0 amide bonds. The van der Waals surface area contributed by atoms with Gasteiger partial charge in [-0.3, -0.25) is 4.99 Å². The summed E-state index contributed by atoms with van der Waals surface area (Å²) in [6.07, 6.45) is 6.04. The molecule has 0 aromatic carbocycles. The maximum atomic E-state index is 12.1. The highest BCUT2D eigenvalue weighted by atomic mass is 32.1. The number of ether oxygens (including phenoxy) is 2. The number of aryl methyl sites for hydroxylation is 1. The first-order valence-electron chi connectivity index (χ1n) is 11.2. The summed E-state index contributed by atoms with van der Waals surface area (Å²) in [6.45, 7) is 13.3. The molecule has 1 fully saturated rings. The van der Waals surface area contributed by atoms with Gasteiger partial charge in [0, 0.05) is 26.3 Å². The number of nitrogens with zero attached hydrogens (tertiary/aromatic N) is 2. The Morgan fingerprint density at radius 1 is 1.27 bits per heavy atom. The van der Waals surface area contributed by atoms with E-state index in [1.807, 2.05) is 27.7 Å². The molecular weight excluding hydrogens is 400 g/mol. The van der Waals surface area contributed by atoms with E-state index in [-0.39, 0.29) is 17.4 Å². The number of aromatic nitrogens is 1. The lowest BCUT2D eigenvalue weighted by atomic mass is 9.83. The van der Waals surface area contributed by atoms with Gasteiger partial charge in [0.1, 0.15) is 9.88 Å². The van der Waals surface area contributed by atoms with Crippen LogP contribution in [0.1, 0.15) is 86.2 Å². The number of guanidine groups is 1. The van der Waals surface area contributed by atoms with E-state index < -0.39 is 0 Å². The molecule has 0 saturated heterocycles. The van der Waals surface area contributed by atoms with Crippen molar-refractivity contribution in [2.75, 3.05) is 32.9 Å². The van der Waals surface area contributed by atoms with Crippen LogP contribution >= 0.6 is 11.3 Å². The molecule has 1 aromatic heterocycles. The van der Waals surface area contributed by atoms with Crippen LogP contribution in [0.4, 0.5) is 0 Å². The predicted octanol–water partition coefficient (Wildman–Crippen LogP) is 4.23. The molecule has 1 atom stereocenters. The molecule has 7 nitrogen and oxygen atoms in total. The Kier molecular flexibility index (Phi) is 10.0. The Hall–Kier alpha value is -1.67. The van der Waals surface area contributed by atoms with Gasteiger partial charge in [0.2, 0.25) is 0 Å². The van der Waals surface area contributed by atoms with Crippen molar-refractivity contribution in [1.82, 2.24) is 15.6 Å². The van der Waals surface area contributed by atoms with Crippen LogP contribution in [0.5, 0.6) is 0 Å². The van der Waals surface area contributed by atoms with E-state index in [0.29, 0.717) is 17.2 Å². The highest BCUT2D eigenvalue weighted by Crippen LogP contribution is 2.41. The van der Waals surface area contributed by atoms with Gasteiger partial charge in [0.25, 0.3) is 0 Å². The summed E-state index contributed by atoms with van der Waals surface area (Å²) in [5.74, 6) is 0.488. The second kappa shape index (κ2) is 12.2. The quantitative estimate of drug-likeness (QED) is 0.233. The van der Waals surface area contributed by atoms with Gasteiger partial charge in [0.15, 0.2) is 5.96 Å². The third kappa shape index (κ3) is 6.94. The van der Waals surface area contributed by atoms with E-state index in [0.717, 1.165) is 43.7 Å². The van der Waals surface area contributed by atoms with E-state index in [1.165, 1.54) is 37.0 Å². The zero-order chi connectivity index (χ0) is 22.0. The molecule has 1 aliphatic rings. The molecule has 2 rings (SSSR count). The maximum absolute atomic E-state index is 12.1. The molecule has 8 heteroatoms. The highest BCUT2D eigenvalue weighted by Gasteiger charge is 2.33. The summed E-state index contributed by atoms with van der Waals surface area (Å²) in [5, 5.41) is 7.66. The highest BCUT2D eigenvalue weighted by molar-refractivity contribution is 7.13. The molecule has 0 bridgehead atoms. The number of esters is 1. The molecular formula is C22H38N4O3S. The molecule has 1 saturated carbocycles. The smallest absolute Gasteiger partial charge is 0.350 e. The summed E-state index contributed by atoms with van der Waals surface area (Å²) >= 11 is 1.38. The van der Waals surface area contributed by atoms with Crippen LogP contribution in [0.15, 0.2) is 4.99 Å². The lowest BCUT2D eigenvalue weighted by Gasteiger charge is -2.27. The number of nitrogens with one attached hydrogen (secondary N) is 2. The van der Waals surface area contributed by atoms with Gasteiger partial charge in [-0.25, -0.2) is 9.78 Å². The van der Waals surface area contributed by atoms with E-state index in [9.17, 15) is 4.79 Å². The second-order valence-corrected chi connectivity index (χ2v) is 8.93. The number of hydrogen-bond acceptors (Lipinski definition) is 6. The molecule has 0 radical (unpaired) electrons. The zero-order valence-corrected chi connectivity index (χ0v) is 20.0. The first-order valence-corrected chi connectivity index (χ1v) is 12.0. The monoisotopic (exact) mass is 438 g/mol. The van der Waals surface area contributed by atoms with Crippen molar-refractivity contribution in [1.29, 1.82) is 0 Å². The predicted molar refractivity (Wildman–Crippen MR) is 122 cm³/mol. The molecule has 2 N–H and O–H groups in total. The van der Waals surface area contributed by atoms with Crippen LogP contribution in [0.2, 0.25) is 0 Å². The van der Waals surface area contributed by atoms with Crippen molar-refractivity contribution in [3.63, 3.8) is 0 Å². The summed E-state index contributed by atoms with van der Waals surface area (Å²) in [7, 11) is 0. The van der Waals surface area contributed by atoms with Crippen molar-refractivity contribution in [2.24, 2.45) is 10.4 Å². The number of aliphatic imine (C=N–C) groups is 1. The van der Waals surface area contributed by atoms with Crippen LogP contribution in [0, 0.1) is 12.3 Å². The van der Waals surface area contributed by atoms with Crippen molar-refractivity contribution in [3.05, 3.63) is 15.6 Å². The molecule has 30 heavy (non-hydrogen) atoms. The SMILES string of the molecule is CCNC(=NCC1(CCOCC)CCCC1)NC(C)c1nc(C)c(C(=O)OCC)s1. The minimum absolute atomic E-state index is 0.0578. The van der Waals surface area contributed by atoms with E-state index in [2.05, 4.69) is 22.5 Å². The fraction of sp³-hybridized carbons (Fsp3) is 0.773. The molecule has 1 aliphatic carbocycles. The molecule has 0 spiro atoms. The average Bonchev–Trinajstić information content (AvgIpc) is 3.34. The Morgan fingerprint density at radius 3 is 2.63 bits per heavy atom. The maximum Gasteiger partial charge on any atom is 0.350 e. The topological polar surface area (TPSA) is 84.8 Å². The Balaban J connectivity index is 2.06. The fourth-order valence-corrected chi connectivity index (χ4v) is 4.83. The number of carbonyl (C=O) groups excluding carboxylic acids is 1. The average molecular weight is 439 g/mol. The molecule has 1 aromatic rings. The first kappa shape index (κ1) is 24.6. The molecule has 0 aliphatic heterocycles. The Labute approximate surface area is 185 Å². The first-order chi connectivity index (χ1) is 14.4. The number of thiazole rings is 1. The van der Waals surface area contributed by atoms with E-state index >= 15 is 0 Å². The van der Waals surface area contributed by atoms with Gasteiger partial charge in [-0.05, 0) is 59.3 Å². The molecule has 1 heterocycles. The number of rotatable bonds is 11. The summed E-state index contributed by atoms with van der Waals surface area (Å²) < 4.78 is 10.8. The van der Waals surface area contributed by atoms with Crippen molar-refractivity contribution in [2.45, 2.75) is 72.8 Å². The van der Waals surface area contributed by atoms with E-state index in [4.69, 9.17) is 14.5 Å². The lowest BCUT2D eigenvalue weighted by Crippen LogP contribution is -2.39. The van der Waals surface area contributed by atoms with Crippen molar-refractivity contribution >= 4 is 23.3 Å². The van der Waals surface area contributed by atoms with Gasteiger partial charge in [0.05, 0.1) is 18.3 Å². The third-order valence-electron chi connectivity index (χ3n) is 5.56. The summed E-state index contributed by atoms with van der Waals surface area (Å²) in [6, 6.07) is -0.0578. The van der Waals surface area contributed by atoms with Gasteiger partial charge in [-0.15, -0.1) is 11.3 Å². The third-order valence-corrected chi connectivity index (χ3v) is 6.88. The number of hydrogen-bond donors (Lipinski definition) is 2. The van der Waals surface area contributed by atoms with Gasteiger partial charge in [-0.2, -0.15) is 0 Å². The Morgan fingerprint density at radius 2 is 2.00 bits per heavy atom.